The lowest BCUT2D eigenvalue weighted by Crippen LogP contribution is -1.91. The standard InChI is InChI=1S/C10H10N2S/c1-13-9-6-12-8-5-3-2-4-7(8)10(9)11/h2-6H,1H3,(H2,11,12). The van der Waals surface area contributed by atoms with Crippen molar-refractivity contribution in [3.8, 4) is 0 Å². The van der Waals surface area contributed by atoms with Crippen molar-refractivity contribution in [2.45, 2.75) is 4.90 Å². The monoisotopic (exact) mass is 190 g/mol. The fraction of sp³-hybridized carbons (Fsp3) is 0.100. The van der Waals surface area contributed by atoms with E-state index >= 15 is 0 Å². The van der Waals surface area contributed by atoms with Crippen molar-refractivity contribution >= 4 is 28.4 Å². The molecule has 0 bridgehead atoms. The smallest absolute Gasteiger partial charge is 0.0723 e. The van der Waals surface area contributed by atoms with Crippen molar-refractivity contribution in [1.82, 2.24) is 4.98 Å². The molecule has 1 heterocycles. The molecular formula is C10H10N2S. The predicted octanol–water partition coefficient (Wildman–Crippen LogP) is 2.54. The Bertz CT molecular complexity index is 440. The van der Waals surface area contributed by atoms with Crippen LogP contribution in [0.2, 0.25) is 0 Å². The molecule has 0 atom stereocenters. The van der Waals surface area contributed by atoms with E-state index in [-0.39, 0.29) is 0 Å². The third-order valence-electron chi connectivity index (χ3n) is 2.00. The quantitative estimate of drug-likeness (QED) is 0.702. The van der Waals surface area contributed by atoms with Crippen LogP contribution in [0.3, 0.4) is 0 Å². The molecule has 0 saturated carbocycles. The Hall–Kier alpha value is -1.22. The van der Waals surface area contributed by atoms with E-state index in [0.717, 1.165) is 21.5 Å². The number of nitrogen functional groups attached to an aromatic ring is 1. The molecule has 2 aromatic rings. The number of benzene rings is 1. The SMILES string of the molecule is CSc1cnc2ccccc2c1N. The second-order valence-corrected chi connectivity index (χ2v) is 3.61. The van der Waals surface area contributed by atoms with Gasteiger partial charge in [0.1, 0.15) is 0 Å². The van der Waals surface area contributed by atoms with Gasteiger partial charge in [-0.25, -0.2) is 0 Å². The zero-order valence-corrected chi connectivity index (χ0v) is 8.14. The summed E-state index contributed by atoms with van der Waals surface area (Å²) < 4.78 is 0. The Morgan fingerprint density at radius 2 is 2.08 bits per heavy atom. The molecule has 1 aromatic heterocycles. The topological polar surface area (TPSA) is 38.9 Å². The highest BCUT2D eigenvalue weighted by atomic mass is 32.2. The molecule has 0 saturated heterocycles. The zero-order valence-electron chi connectivity index (χ0n) is 7.32. The van der Waals surface area contributed by atoms with Crippen LogP contribution in [0.25, 0.3) is 10.9 Å². The molecule has 2 N–H and O–H groups in total. The van der Waals surface area contributed by atoms with E-state index in [2.05, 4.69) is 4.98 Å². The molecule has 0 unspecified atom stereocenters. The van der Waals surface area contributed by atoms with Crippen molar-refractivity contribution in [2.75, 3.05) is 12.0 Å². The molecule has 1 aromatic carbocycles. The molecule has 2 rings (SSSR count). The van der Waals surface area contributed by atoms with Gasteiger partial charge in [0.05, 0.1) is 11.2 Å². The Labute approximate surface area is 81.2 Å². The van der Waals surface area contributed by atoms with Gasteiger partial charge < -0.3 is 5.73 Å². The number of rotatable bonds is 1. The van der Waals surface area contributed by atoms with Gasteiger partial charge in [0.25, 0.3) is 0 Å². The van der Waals surface area contributed by atoms with Crippen LogP contribution in [0.5, 0.6) is 0 Å². The number of anilines is 1. The number of hydrogen-bond acceptors (Lipinski definition) is 3. The van der Waals surface area contributed by atoms with Crippen molar-refractivity contribution in [1.29, 1.82) is 0 Å². The molecule has 2 nitrogen and oxygen atoms in total. The Morgan fingerprint density at radius 3 is 2.85 bits per heavy atom. The highest BCUT2D eigenvalue weighted by Crippen LogP contribution is 2.28. The van der Waals surface area contributed by atoms with E-state index in [1.165, 1.54) is 0 Å². The summed E-state index contributed by atoms with van der Waals surface area (Å²) in [4.78, 5) is 5.35. The van der Waals surface area contributed by atoms with Gasteiger partial charge in [-0.2, -0.15) is 0 Å². The average molecular weight is 190 g/mol. The maximum absolute atomic E-state index is 5.97. The minimum absolute atomic E-state index is 0.832. The molecule has 0 aliphatic carbocycles. The third-order valence-corrected chi connectivity index (χ3v) is 2.77. The first-order chi connectivity index (χ1) is 6.33. The van der Waals surface area contributed by atoms with E-state index in [0.29, 0.717) is 0 Å². The lowest BCUT2D eigenvalue weighted by Gasteiger charge is -2.04. The van der Waals surface area contributed by atoms with Gasteiger partial charge >= 0.3 is 0 Å². The van der Waals surface area contributed by atoms with Gasteiger partial charge in [0.15, 0.2) is 0 Å². The molecule has 0 fully saturated rings. The second-order valence-electron chi connectivity index (χ2n) is 2.76. The second kappa shape index (κ2) is 3.26. The van der Waals surface area contributed by atoms with Crippen molar-refractivity contribution in [2.24, 2.45) is 0 Å². The largest absolute Gasteiger partial charge is 0.397 e. The number of fused-ring (bicyclic) bond motifs is 1. The number of thioether (sulfide) groups is 1. The average Bonchev–Trinajstić information content (AvgIpc) is 2.19. The van der Waals surface area contributed by atoms with E-state index in [4.69, 9.17) is 5.73 Å². The fourth-order valence-corrected chi connectivity index (χ4v) is 1.80. The summed E-state index contributed by atoms with van der Waals surface area (Å²) in [5, 5.41) is 1.04. The number of para-hydroxylation sites is 1. The number of hydrogen-bond donors (Lipinski definition) is 1. The molecule has 0 radical (unpaired) electrons. The Kier molecular flexibility index (Phi) is 2.10. The third kappa shape index (κ3) is 1.35. The summed E-state index contributed by atoms with van der Waals surface area (Å²) in [6, 6.07) is 7.91. The van der Waals surface area contributed by atoms with Crippen LogP contribution < -0.4 is 5.73 Å². The van der Waals surface area contributed by atoms with Crippen molar-refractivity contribution < 1.29 is 0 Å². The highest BCUT2D eigenvalue weighted by Gasteiger charge is 2.02. The van der Waals surface area contributed by atoms with Crippen LogP contribution in [0.4, 0.5) is 5.69 Å². The maximum atomic E-state index is 5.97. The van der Waals surface area contributed by atoms with Crippen LogP contribution in [0, 0.1) is 0 Å². The summed E-state index contributed by atoms with van der Waals surface area (Å²) in [5.41, 5.74) is 7.76. The lowest BCUT2D eigenvalue weighted by molar-refractivity contribution is 1.31. The van der Waals surface area contributed by atoms with Gasteiger partial charge in [-0.05, 0) is 12.3 Å². The van der Waals surface area contributed by atoms with Crippen molar-refractivity contribution in [3.05, 3.63) is 30.5 Å². The van der Waals surface area contributed by atoms with Crippen LogP contribution >= 0.6 is 11.8 Å². The number of pyridine rings is 1. The molecule has 0 spiro atoms. The first-order valence-corrected chi connectivity index (χ1v) is 5.22. The Balaban J connectivity index is 2.79. The van der Waals surface area contributed by atoms with Crippen LogP contribution in [0.1, 0.15) is 0 Å². The first kappa shape index (κ1) is 8.38. The van der Waals surface area contributed by atoms with E-state index < -0.39 is 0 Å². The highest BCUT2D eigenvalue weighted by molar-refractivity contribution is 7.98. The van der Waals surface area contributed by atoms with Gasteiger partial charge in [-0.1, -0.05) is 18.2 Å². The van der Waals surface area contributed by atoms with Crippen LogP contribution in [-0.2, 0) is 0 Å². The zero-order chi connectivity index (χ0) is 9.26. The maximum Gasteiger partial charge on any atom is 0.0723 e. The molecule has 0 aliphatic heterocycles. The van der Waals surface area contributed by atoms with Gasteiger partial charge in [0, 0.05) is 16.5 Å². The van der Waals surface area contributed by atoms with E-state index in [1.807, 2.05) is 36.7 Å². The molecule has 0 aliphatic rings. The Morgan fingerprint density at radius 1 is 1.31 bits per heavy atom. The van der Waals surface area contributed by atoms with Crippen molar-refractivity contribution in [3.63, 3.8) is 0 Å². The lowest BCUT2D eigenvalue weighted by atomic mass is 10.2. The van der Waals surface area contributed by atoms with Gasteiger partial charge in [0.2, 0.25) is 0 Å². The molecule has 0 amide bonds. The molecule has 3 heteroatoms. The van der Waals surface area contributed by atoms with Gasteiger partial charge in [-0.3, -0.25) is 4.98 Å². The van der Waals surface area contributed by atoms with E-state index in [9.17, 15) is 0 Å². The summed E-state index contributed by atoms with van der Waals surface area (Å²) >= 11 is 1.62. The van der Waals surface area contributed by atoms with Crippen LogP contribution in [0.15, 0.2) is 35.4 Å². The summed E-state index contributed by atoms with van der Waals surface area (Å²) in [6.45, 7) is 0. The fourth-order valence-electron chi connectivity index (χ4n) is 1.31. The minimum atomic E-state index is 0.832. The summed E-state index contributed by atoms with van der Waals surface area (Å²) in [7, 11) is 0. The van der Waals surface area contributed by atoms with E-state index in [1.54, 1.807) is 11.8 Å². The minimum Gasteiger partial charge on any atom is -0.397 e. The summed E-state index contributed by atoms with van der Waals surface area (Å²) in [6.07, 6.45) is 3.82. The molecular weight excluding hydrogens is 180 g/mol. The number of aromatic nitrogens is 1. The number of nitrogens with two attached hydrogens (primary N) is 1. The normalized spacial score (nSPS) is 10.5. The van der Waals surface area contributed by atoms with Gasteiger partial charge in [-0.15, -0.1) is 11.8 Å². The summed E-state index contributed by atoms with van der Waals surface area (Å²) in [5.74, 6) is 0. The first-order valence-electron chi connectivity index (χ1n) is 4.00. The number of nitrogens with zero attached hydrogens (tertiary/aromatic N) is 1. The van der Waals surface area contributed by atoms with Crippen LogP contribution in [-0.4, -0.2) is 11.2 Å². The predicted molar refractivity (Wildman–Crippen MR) is 57.9 cm³/mol. The molecule has 66 valence electrons. The molecule has 13 heavy (non-hydrogen) atoms.